The number of nitrogens with zero attached hydrogens (tertiary/aromatic N) is 1. The summed E-state index contributed by atoms with van der Waals surface area (Å²) in [6.07, 6.45) is 0. The predicted octanol–water partition coefficient (Wildman–Crippen LogP) is -2.37. The fourth-order valence-electron chi connectivity index (χ4n) is 1.95. The zero-order valence-corrected chi connectivity index (χ0v) is 12.4. The van der Waals surface area contributed by atoms with Crippen molar-refractivity contribution in [2.45, 2.75) is 37.6 Å². The molecule has 6 heteroatoms. The molecular weight excluding hydrogens is 257 g/mol. The quantitative estimate of drug-likeness (QED) is 0.351. The molecule has 1 aromatic carbocycles. The van der Waals surface area contributed by atoms with Gasteiger partial charge in [-0.15, -0.1) is 4.31 Å². The third kappa shape index (κ3) is 3.36. The zero-order valence-electron chi connectivity index (χ0n) is 11.6. The Labute approximate surface area is 128 Å². The first-order chi connectivity index (χ1) is 8.34. The molecule has 1 aromatic rings. The normalized spacial score (nSPS) is 27.3. The fraction of sp³-hybridized carbons (Fsp3) is 0.462. The van der Waals surface area contributed by atoms with Gasteiger partial charge in [-0.05, 0) is 26.3 Å². The average Bonchev–Trinajstić information content (AvgIpc) is 3.03. The van der Waals surface area contributed by atoms with Gasteiger partial charge in [0.25, 0.3) is 0 Å². The second-order valence-corrected chi connectivity index (χ2v) is 7.49. The van der Waals surface area contributed by atoms with Crippen LogP contribution in [0.5, 0.6) is 0 Å². The molecule has 0 aromatic heterocycles. The summed E-state index contributed by atoms with van der Waals surface area (Å²) in [5.74, 6) is -1.17. The molecule has 0 N–H and O–H groups in total. The SMILES string of the molecule is CC(C)(C)[S+]([O-])N1[C@H](c2ccccc2)[C@@H]1C(=O)[O-].[Li+]. The van der Waals surface area contributed by atoms with Crippen LogP contribution < -0.4 is 24.0 Å². The summed E-state index contributed by atoms with van der Waals surface area (Å²) >= 11 is -1.35. The summed E-state index contributed by atoms with van der Waals surface area (Å²) in [6.45, 7) is 5.49. The first kappa shape index (κ1) is 16.6. The number of carboxylic acid groups (broad SMARTS) is 1. The minimum Gasteiger partial charge on any atom is -0.597 e. The Hall–Kier alpha value is -0.443. The van der Waals surface area contributed by atoms with Crippen molar-refractivity contribution in [3.63, 3.8) is 0 Å². The number of carbonyl (C=O) groups is 1. The molecule has 0 radical (unpaired) electrons. The standard InChI is InChI=1S/C13H17NO3S.Li/c1-13(2,3)18(17)14-10(11(14)12(15)16)9-7-5-4-6-8-9;/h4-8,10-11H,1-3H3,(H,15,16);/q;+1/p-1/t10-,11-,14?,18?;/m1./s1. The summed E-state index contributed by atoms with van der Waals surface area (Å²) in [5.41, 5.74) is 0.865. The van der Waals surface area contributed by atoms with Gasteiger partial charge in [-0.2, -0.15) is 0 Å². The number of benzene rings is 1. The van der Waals surface area contributed by atoms with E-state index >= 15 is 0 Å². The summed E-state index contributed by atoms with van der Waals surface area (Å²) in [5, 5.41) is 11.1. The molecule has 0 saturated carbocycles. The maximum absolute atomic E-state index is 12.3. The third-order valence-electron chi connectivity index (χ3n) is 2.86. The molecule has 0 spiro atoms. The third-order valence-corrected chi connectivity index (χ3v) is 4.74. The Bertz CT molecular complexity index is 449. The van der Waals surface area contributed by atoms with Gasteiger partial charge in [-0.3, -0.25) is 0 Å². The van der Waals surface area contributed by atoms with Gasteiger partial charge in [0.15, 0.2) is 0 Å². The summed E-state index contributed by atoms with van der Waals surface area (Å²) in [4.78, 5) is 11.1. The van der Waals surface area contributed by atoms with E-state index < -0.39 is 28.1 Å². The van der Waals surface area contributed by atoms with Gasteiger partial charge in [0.1, 0.15) is 16.8 Å². The zero-order chi connectivity index (χ0) is 13.5. The molecular formula is C13H16LiNO3S. The number of rotatable bonds is 3. The molecule has 1 aliphatic rings. The van der Waals surface area contributed by atoms with E-state index in [1.165, 1.54) is 4.31 Å². The van der Waals surface area contributed by atoms with E-state index in [0.717, 1.165) is 5.56 Å². The molecule has 19 heavy (non-hydrogen) atoms. The van der Waals surface area contributed by atoms with Crippen molar-refractivity contribution >= 4 is 17.3 Å². The van der Waals surface area contributed by atoms with E-state index in [-0.39, 0.29) is 24.9 Å². The van der Waals surface area contributed by atoms with Crippen molar-refractivity contribution in [3.05, 3.63) is 35.9 Å². The second-order valence-electron chi connectivity index (χ2n) is 5.34. The van der Waals surface area contributed by atoms with Crippen molar-refractivity contribution in [2.24, 2.45) is 0 Å². The monoisotopic (exact) mass is 273 g/mol. The molecule has 2 rings (SSSR count). The molecule has 0 amide bonds. The van der Waals surface area contributed by atoms with Crippen molar-refractivity contribution < 1.29 is 33.3 Å². The first-order valence-corrected chi connectivity index (χ1v) is 6.91. The number of aliphatic carboxylic acids is 1. The maximum Gasteiger partial charge on any atom is 1.00 e. The Morgan fingerprint density at radius 3 is 2.21 bits per heavy atom. The van der Waals surface area contributed by atoms with Gasteiger partial charge >= 0.3 is 18.9 Å². The summed E-state index contributed by atoms with van der Waals surface area (Å²) in [7, 11) is 0. The number of hydrogen-bond donors (Lipinski definition) is 0. The Balaban J connectivity index is 0.00000180. The molecule has 1 saturated heterocycles. The van der Waals surface area contributed by atoms with Crippen molar-refractivity contribution in [1.82, 2.24) is 4.31 Å². The van der Waals surface area contributed by atoms with Gasteiger partial charge < -0.3 is 14.5 Å². The summed E-state index contributed by atoms with van der Waals surface area (Å²) in [6, 6.07) is 8.13. The molecule has 4 nitrogen and oxygen atoms in total. The van der Waals surface area contributed by atoms with E-state index in [1.54, 1.807) is 0 Å². The first-order valence-electron chi connectivity index (χ1n) is 5.80. The van der Waals surface area contributed by atoms with Crippen LogP contribution in [-0.2, 0) is 16.2 Å². The number of carboxylic acids is 1. The van der Waals surface area contributed by atoms with Gasteiger partial charge in [-0.1, -0.05) is 30.3 Å². The number of carbonyl (C=O) groups excluding carboxylic acids is 1. The van der Waals surface area contributed by atoms with E-state index in [4.69, 9.17) is 0 Å². The smallest absolute Gasteiger partial charge is 0.597 e. The van der Waals surface area contributed by atoms with Crippen LogP contribution in [0, 0.1) is 0 Å². The maximum atomic E-state index is 12.3. The van der Waals surface area contributed by atoms with Crippen LogP contribution >= 0.6 is 0 Å². The Morgan fingerprint density at radius 1 is 1.26 bits per heavy atom. The van der Waals surface area contributed by atoms with Crippen LogP contribution in [0.15, 0.2) is 30.3 Å². The molecule has 2 unspecified atom stereocenters. The average molecular weight is 273 g/mol. The minimum absolute atomic E-state index is 0. The largest absolute Gasteiger partial charge is 1.00 e. The number of hydrogen-bond acceptors (Lipinski definition) is 4. The molecule has 1 heterocycles. The van der Waals surface area contributed by atoms with Crippen LogP contribution in [-0.4, -0.2) is 25.6 Å². The van der Waals surface area contributed by atoms with Crippen molar-refractivity contribution in [2.75, 3.05) is 0 Å². The topological polar surface area (TPSA) is 66.2 Å². The molecule has 4 atom stereocenters. The van der Waals surface area contributed by atoms with E-state index in [1.807, 2.05) is 51.1 Å². The molecule has 98 valence electrons. The van der Waals surface area contributed by atoms with E-state index in [2.05, 4.69) is 0 Å². The van der Waals surface area contributed by atoms with Gasteiger partial charge in [0.05, 0.1) is 5.97 Å². The van der Waals surface area contributed by atoms with Crippen molar-refractivity contribution in [1.29, 1.82) is 0 Å². The predicted molar refractivity (Wildman–Crippen MR) is 67.7 cm³/mol. The van der Waals surface area contributed by atoms with Crippen LogP contribution in [0.1, 0.15) is 32.4 Å². The van der Waals surface area contributed by atoms with Gasteiger partial charge in [0, 0.05) is 11.4 Å². The molecule has 0 bridgehead atoms. The van der Waals surface area contributed by atoms with E-state index in [0.29, 0.717) is 0 Å². The summed E-state index contributed by atoms with van der Waals surface area (Å²) < 4.78 is 13.3. The molecule has 0 aliphatic carbocycles. The van der Waals surface area contributed by atoms with Crippen LogP contribution in [0.3, 0.4) is 0 Å². The fourth-order valence-corrected chi connectivity index (χ4v) is 3.38. The van der Waals surface area contributed by atoms with Crippen LogP contribution in [0.25, 0.3) is 0 Å². The molecule has 1 aliphatic heterocycles. The Kier molecular flexibility index (Phi) is 5.16. The van der Waals surface area contributed by atoms with Gasteiger partial charge in [-0.25, -0.2) is 0 Å². The van der Waals surface area contributed by atoms with Crippen LogP contribution in [0.2, 0.25) is 0 Å². The molecule has 1 fully saturated rings. The van der Waals surface area contributed by atoms with Crippen molar-refractivity contribution in [3.8, 4) is 0 Å². The van der Waals surface area contributed by atoms with E-state index in [9.17, 15) is 14.5 Å². The Morgan fingerprint density at radius 2 is 1.79 bits per heavy atom. The minimum atomic E-state index is -1.35. The van der Waals surface area contributed by atoms with Gasteiger partial charge in [0.2, 0.25) is 0 Å². The van der Waals surface area contributed by atoms with Crippen LogP contribution in [0.4, 0.5) is 0 Å². The second kappa shape index (κ2) is 5.90.